The van der Waals surface area contributed by atoms with Crippen molar-refractivity contribution in [3.8, 4) is 0 Å². The normalized spacial score (nSPS) is 20.4. The van der Waals surface area contributed by atoms with Gasteiger partial charge in [0.15, 0.2) is 4.96 Å². The summed E-state index contributed by atoms with van der Waals surface area (Å²) in [6, 6.07) is 0.251. The van der Waals surface area contributed by atoms with Gasteiger partial charge < -0.3 is 4.74 Å². The average molecular weight is 311 g/mol. The van der Waals surface area contributed by atoms with Crippen molar-refractivity contribution in [1.82, 2.24) is 14.3 Å². The first-order valence-corrected chi connectivity index (χ1v) is 8.59. The number of thiazole rings is 1. The number of thioether (sulfide) groups is 1. The number of aromatic nitrogens is 2. The molecule has 0 N–H and O–H groups in total. The highest BCUT2D eigenvalue weighted by Crippen LogP contribution is 2.22. The second kappa shape index (κ2) is 6.15. The molecular formula is C13H17N3O2S2. The van der Waals surface area contributed by atoms with Gasteiger partial charge in [0.25, 0.3) is 0 Å². The standard InChI is InChI=1S/C13H17N3O2S2/c1-18-12(17)6-11-9-19-4-2-15(11)7-10-8-16-3-5-20-13(16)14-10/h3,5,8,11H,2,4,6-7,9H2,1H3/t11-/m0/s1. The van der Waals surface area contributed by atoms with Gasteiger partial charge in [-0.1, -0.05) is 0 Å². The molecule has 3 heterocycles. The molecule has 1 saturated heterocycles. The van der Waals surface area contributed by atoms with E-state index in [4.69, 9.17) is 4.74 Å². The summed E-state index contributed by atoms with van der Waals surface area (Å²) in [5.74, 6) is 1.96. The minimum absolute atomic E-state index is 0.131. The summed E-state index contributed by atoms with van der Waals surface area (Å²) in [5.41, 5.74) is 1.07. The van der Waals surface area contributed by atoms with Crippen molar-refractivity contribution < 1.29 is 9.53 Å². The highest BCUT2D eigenvalue weighted by atomic mass is 32.2. The average Bonchev–Trinajstić information content (AvgIpc) is 3.01. The third kappa shape index (κ3) is 2.99. The van der Waals surface area contributed by atoms with Crippen LogP contribution in [0.5, 0.6) is 0 Å². The minimum Gasteiger partial charge on any atom is -0.469 e. The van der Waals surface area contributed by atoms with Crippen molar-refractivity contribution >= 4 is 34.0 Å². The van der Waals surface area contributed by atoms with Gasteiger partial charge in [-0.05, 0) is 0 Å². The van der Waals surface area contributed by atoms with Crippen molar-refractivity contribution in [2.45, 2.75) is 19.0 Å². The van der Waals surface area contributed by atoms with Crippen LogP contribution in [-0.4, -0.2) is 51.5 Å². The van der Waals surface area contributed by atoms with Crippen LogP contribution in [-0.2, 0) is 16.1 Å². The van der Waals surface area contributed by atoms with Crippen molar-refractivity contribution in [1.29, 1.82) is 0 Å². The Balaban J connectivity index is 1.69. The van der Waals surface area contributed by atoms with Crippen LogP contribution >= 0.6 is 23.1 Å². The largest absolute Gasteiger partial charge is 0.469 e. The fourth-order valence-electron chi connectivity index (χ4n) is 2.42. The number of nitrogens with zero attached hydrogens (tertiary/aromatic N) is 3. The summed E-state index contributed by atoms with van der Waals surface area (Å²) in [6.45, 7) is 1.80. The lowest BCUT2D eigenvalue weighted by Gasteiger charge is -2.34. The van der Waals surface area contributed by atoms with Gasteiger partial charge in [-0.3, -0.25) is 14.1 Å². The molecule has 5 nitrogen and oxygen atoms in total. The van der Waals surface area contributed by atoms with Gasteiger partial charge in [0.2, 0.25) is 0 Å². The lowest BCUT2D eigenvalue weighted by molar-refractivity contribution is -0.141. The van der Waals surface area contributed by atoms with E-state index < -0.39 is 0 Å². The second-order valence-corrected chi connectivity index (χ2v) is 6.83. The number of carbonyl (C=O) groups excluding carboxylic acids is 1. The summed E-state index contributed by atoms with van der Waals surface area (Å²) >= 11 is 3.54. The van der Waals surface area contributed by atoms with E-state index in [1.807, 2.05) is 27.7 Å². The fourth-order valence-corrected chi connectivity index (χ4v) is 4.27. The maximum atomic E-state index is 11.5. The molecule has 3 rings (SSSR count). The third-order valence-electron chi connectivity index (χ3n) is 3.49. The number of carbonyl (C=O) groups is 1. The van der Waals surface area contributed by atoms with Crippen molar-refractivity contribution in [2.75, 3.05) is 25.2 Å². The van der Waals surface area contributed by atoms with Crippen LogP contribution in [0, 0.1) is 0 Å². The smallest absolute Gasteiger partial charge is 0.307 e. The first-order chi connectivity index (χ1) is 9.76. The van der Waals surface area contributed by atoms with Crippen LogP contribution in [0.4, 0.5) is 0 Å². The van der Waals surface area contributed by atoms with E-state index >= 15 is 0 Å². The van der Waals surface area contributed by atoms with Gasteiger partial charge in [-0.2, -0.15) is 11.8 Å². The molecule has 108 valence electrons. The molecule has 20 heavy (non-hydrogen) atoms. The summed E-state index contributed by atoms with van der Waals surface area (Å²) < 4.78 is 6.84. The van der Waals surface area contributed by atoms with Crippen molar-refractivity contribution in [3.63, 3.8) is 0 Å². The highest BCUT2D eigenvalue weighted by molar-refractivity contribution is 7.99. The molecule has 0 bridgehead atoms. The maximum absolute atomic E-state index is 11.5. The van der Waals surface area contributed by atoms with E-state index in [9.17, 15) is 4.79 Å². The molecule has 1 aliphatic heterocycles. The SMILES string of the molecule is COC(=O)C[C@H]1CSCCN1Cc1cn2ccsc2n1. The summed E-state index contributed by atoms with van der Waals surface area (Å²) in [5, 5.41) is 2.03. The van der Waals surface area contributed by atoms with Crippen LogP contribution in [0.3, 0.4) is 0 Å². The number of esters is 1. The Bertz CT molecular complexity index is 567. The zero-order valence-electron chi connectivity index (χ0n) is 11.3. The monoisotopic (exact) mass is 311 g/mol. The molecule has 7 heteroatoms. The first-order valence-electron chi connectivity index (χ1n) is 6.56. The van der Waals surface area contributed by atoms with Crippen LogP contribution in [0.1, 0.15) is 12.1 Å². The van der Waals surface area contributed by atoms with Crippen LogP contribution in [0.2, 0.25) is 0 Å². The quantitative estimate of drug-likeness (QED) is 0.807. The van der Waals surface area contributed by atoms with Crippen LogP contribution in [0.25, 0.3) is 4.96 Å². The summed E-state index contributed by atoms with van der Waals surface area (Å²) in [4.78, 5) is 19.5. The zero-order valence-corrected chi connectivity index (χ0v) is 13.0. The molecule has 0 aromatic carbocycles. The highest BCUT2D eigenvalue weighted by Gasteiger charge is 2.26. The Morgan fingerprint density at radius 3 is 3.30 bits per heavy atom. The van der Waals surface area contributed by atoms with Crippen molar-refractivity contribution in [2.24, 2.45) is 0 Å². The maximum Gasteiger partial charge on any atom is 0.307 e. The number of hydrogen-bond donors (Lipinski definition) is 0. The number of hydrogen-bond acceptors (Lipinski definition) is 6. The van der Waals surface area contributed by atoms with E-state index in [1.54, 1.807) is 11.3 Å². The Kier molecular flexibility index (Phi) is 4.28. The predicted octanol–water partition coefficient (Wildman–Crippen LogP) is 1.88. The van der Waals surface area contributed by atoms with Gasteiger partial charge in [0.1, 0.15) is 0 Å². The van der Waals surface area contributed by atoms with Gasteiger partial charge in [0, 0.05) is 48.4 Å². The van der Waals surface area contributed by atoms with E-state index in [0.29, 0.717) is 6.42 Å². The summed E-state index contributed by atoms with van der Waals surface area (Å²) in [7, 11) is 1.45. The molecule has 1 aliphatic rings. The molecule has 0 unspecified atom stereocenters. The third-order valence-corrected chi connectivity index (χ3v) is 5.35. The lowest BCUT2D eigenvalue weighted by atomic mass is 10.2. The molecule has 0 aliphatic carbocycles. The summed E-state index contributed by atoms with van der Waals surface area (Å²) in [6.07, 6.45) is 4.56. The molecule has 1 fully saturated rings. The minimum atomic E-state index is -0.131. The molecule has 0 amide bonds. The Labute approximate surface area is 125 Å². The van der Waals surface area contributed by atoms with E-state index in [0.717, 1.165) is 35.3 Å². The zero-order chi connectivity index (χ0) is 13.9. The molecule has 0 saturated carbocycles. The van der Waals surface area contributed by atoms with E-state index in [2.05, 4.69) is 16.1 Å². The van der Waals surface area contributed by atoms with Gasteiger partial charge in [0.05, 0.1) is 19.2 Å². The van der Waals surface area contributed by atoms with E-state index in [1.165, 1.54) is 7.11 Å². The van der Waals surface area contributed by atoms with Gasteiger partial charge in [-0.15, -0.1) is 11.3 Å². The fraction of sp³-hybridized carbons (Fsp3) is 0.538. The molecule has 2 aromatic rings. The number of methoxy groups -OCH3 is 1. The van der Waals surface area contributed by atoms with Crippen molar-refractivity contribution in [3.05, 3.63) is 23.5 Å². The molecular weight excluding hydrogens is 294 g/mol. The van der Waals surface area contributed by atoms with Crippen LogP contribution in [0.15, 0.2) is 17.8 Å². The Morgan fingerprint density at radius 1 is 1.60 bits per heavy atom. The van der Waals surface area contributed by atoms with Gasteiger partial charge in [-0.25, -0.2) is 4.98 Å². The van der Waals surface area contributed by atoms with E-state index in [-0.39, 0.29) is 12.0 Å². The number of imidazole rings is 1. The Morgan fingerprint density at radius 2 is 2.50 bits per heavy atom. The molecule has 0 spiro atoms. The molecule has 1 atom stereocenters. The number of fused-ring (bicyclic) bond motifs is 1. The number of ether oxygens (including phenoxy) is 1. The van der Waals surface area contributed by atoms with Gasteiger partial charge >= 0.3 is 5.97 Å². The number of rotatable bonds is 4. The lowest BCUT2D eigenvalue weighted by Crippen LogP contribution is -2.43. The first kappa shape index (κ1) is 13.9. The van der Waals surface area contributed by atoms with Crippen LogP contribution < -0.4 is 0 Å². The molecule has 0 radical (unpaired) electrons. The topological polar surface area (TPSA) is 46.8 Å². The Hall–Kier alpha value is -1.05. The molecule has 2 aromatic heterocycles. The predicted molar refractivity (Wildman–Crippen MR) is 81.2 cm³/mol. The second-order valence-electron chi connectivity index (χ2n) is 4.80.